The first-order valence-electron chi connectivity index (χ1n) is 9.44. The number of Topliss-reactive ketones (excluding diaryl/α,β-unsaturated/α-hetero) is 1. The Bertz CT molecular complexity index is 1080. The van der Waals surface area contributed by atoms with E-state index in [1.165, 1.54) is 0 Å². The highest BCUT2D eigenvalue weighted by Gasteiger charge is 2.22. The minimum Gasteiger partial charge on any atom is -0.454 e. The van der Waals surface area contributed by atoms with Crippen molar-refractivity contribution < 1.29 is 19.1 Å². The van der Waals surface area contributed by atoms with Gasteiger partial charge < -0.3 is 14.0 Å². The maximum atomic E-state index is 12.7. The minimum absolute atomic E-state index is 0.0984. The zero-order valence-electron chi connectivity index (χ0n) is 17.6. The van der Waals surface area contributed by atoms with Crippen molar-refractivity contribution in [2.75, 3.05) is 20.3 Å². The second-order valence-electron chi connectivity index (χ2n) is 7.32. The molecule has 3 aromatic heterocycles. The number of H-pyrrole nitrogens is 1. The first kappa shape index (κ1) is 20.7. The first-order valence-corrected chi connectivity index (χ1v) is 9.44. The molecule has 8 heteroatoms. The summed E-state index contributed by atoms with van der Waals surface area (Å²) in [5, 5.41) is 7.53. The minimum atomic E-state index is -0.570. The van der Waals surface area contributed by atoms with E-state index >= 15 is 0 Å². The number of aromatic nitrogens is 4. The molecular formula is C21H26N4O4. The topological polar surface area (TPSA) is 99.1 Å². The highest BCUT2D eigenvalue weighted by molar-refractivity contribution is 6.05. The molecule has 0 fully saturated rings. The summed E-state index contributed by atoms with van der Waals surface area (Å²) in [6.07, 6.45) is 0. The van der Waals surface area contributed by atoms with E-state index < -0.39 is 5.97 Å². The van der Waals surface area contributed by atoms with Gasteiger partial charge in [0.05, 0.1) is 23.6 Å². The number of nitrogens with one attached hydrogen (secondary N) is 1. The van der Waals surface area contributed by atoms with Gasteiger partial charge in [0.25, 0.3) is 0 Å². The average molecular weight is 398 g/mol. The monoisotopic (exact) mass is 398 g/mol. The maximum Gasteiger partial charge on any atom is 0.339 e. The molecule has 0 aromatic carbocycles. The van der Waals surface area contributed by atoms with Gasteiger partial charge in [-0.1, -0.05) is 0 Å². The molecule has 3 rings (SSSR count). The molecule has 0 bridgehead atoms. The van der Waals surface area contributed by atoms with Gasteiger partial charge in [-0.15, -0.1) is 0 Å². The van der Waals surface area contributed by atoms with E-state index in [0.29, 0.717) is 34.5 Å². The molecule has 29 heavy (non-hydrogen) atoms. The summed E-state index contributed by atoms with van der Waals surface area (Å²) in [6, 6.07) is 3.57. The molecule has 0 spiro atoms. The van der Waals surface area contributed by atoms with Crippen molar-refractivity contribution in [3.63, 3.8) is 0 Å². The molecule has 0 saturated carbocycles. The molecule has 1 N–H and O–H groups in total. The summed E-state index contributed by atoms with van der Waals surface area (Å²) >= 11 is 0. The number of carbonyl (C=O) groups excluding carboxylic acids is 2. The fourth-order valence-corrected chi connectivity index (χ4v) is 3.80. The van der Waals surface area contributed by atoms with Crippen molar-refractivity contribution in [1.29, 1.82) is 0 Å². The fourth-order valence-electron chi connectivity index (χ4n) is 3.80. The Kier molecular flexibility index (Phi) is 5.83. The van der Waals surface area contributed by atoms with Gasteiger partial charge in [0.15, 0.2) is 12.3 Å². The fraction of sp³-hybridized carbons (Fsp3) is 0.429. The first-order chi connectivity index (χ1) is 13.7. The smallest absolute Gasteiger partial charge is 0.339 e. The summed E-state index contributed by atoms with van der Waals surface area (Å²) in [4.78, 5) is 29.7. The summed E-state index contributed by atoms with van der Waals surface area (Å²) in [5.74, 6) is -0.812. The van der Waals surface area contributed by atoms with Crippen molar-refractivity contribution in [2.24, 2.45) is 0 Å². The van der Waals surface area contributed by atoms with Crippen LogP contribution < -0.4 is 0 Å². The van der Waals surface area contributed by atoms with E-state index in [1.807, 2.05) is 33.8 Å². The number of ketones is 1. The Hall–Kier alpha value is -3.00. The predicted molar refractivity (Wildman–Crippen MR) is 108 cm³/mol. The number of fused-ring (bicyclic) bond motifs is 1. The number of methoxy groups -OCH3 is 1. The summed E-state index contributed by atoms with van der Waals surface area (Å²) in [5.41, 5.74) is 4.53. The maximum absolute atomic E-state index is 12.7. The molecule has 0 aliphatic heterocycles. The normalized spacial score (nSPS) is 12.3. The summed E-state index contributed by atoms with van der Waals surface area (Å²) in [7, 11) is 1.65. The molecule has 8 nitrogen and oxygen atoms in total. The number of hydrogen-bond donors (Lipinski definition) is 1. The third-order valence-corrected chi connectivity index (χ3v) is 5.02. The molecule has 1 atom stereocenters. The molecule has 154 valence electrons. The third-order valence-electron chi connectivity index (χ3n) is 5.02. The second kappa shape index (κ2) is 8.16. The zero-order chi connectivity index (χ0) is 21.3. The highest BCUT2D eigenvalue weighted by Crippen LogP contribution is 2.23. The van der Waals surface area contributed by atoms with Gasteiger partial charge in [-0.3, -0.25) is 9.89 Å². The lowest BCUT2D eigenvalue weighted by Crippen LogP contribution is -2.17. The van der Waals surface area contributed by atoms with E-state index in [9.17, 15) is 9.59 Å². The van der Waals surface area contributed by atoms with Crippen LogP contribution in [0.5, 0.6) is 0 Å². The molecule has 3 aromatic rings. The van der Waals surface area contributed by atoms with E-state index in [-0.39, 0.29) is 18.4 Å². The van der Waals surface area contributed by atoms with Crippen molar-refractivity contribution >= 4 is 22.8 Å². The van der Waals surface area contributed by atoms with Crippen LogP contribution >= 0.6 is 0 Å². The number of ether oxygens (including phenoxy) is 2. The average Bonchev–Trinajstić information content (AvgIpc) is 3.18. The van der Waals surface area contributed by atoms with Crippen LogP contribution in [0.4, 0.5) is 0 Å². The van der Waals surface area contributed by atoms with Crippen LogP contribution in [0.2, 0.25) is 0 Å². The molecule has 0 unspecified atom stereocenters. The number of nitrogens with zero attached hydrogens (tertiary/aromatic N) is 3. The number of hydrogen-bond acceptors (Lipinski definition) is 6. The van der Waals surface area contributed by atoms with Crippen LogP contribution in [0.3, 0.4) is 0 Å². The number of esters is 1. The van der Waals surface area contributed by atoms with E-state index in [4.69, 9.17) is 9.47 Å². The van der Waals surface area contributed by atoms with Crippen LogP contribution in [-0.2, 0) is 9.47 Å². The molecule has 0 aliphatic rings. The number of rotatable bonds is 7. The number of carbonyl (C=O) groups is 2. The number of aromatic amines is 1. The number of aryl methyl sites for hydroxylation is 3. The van der Waals surface area contributed by atoms with Crippen LogP contribution in [0, 0.1) is 27.7 Å². The van der Waals surface area contributed by atoms with Gasteiger partial charge in [-0.05, 0) is 46.8 Å². The lowest BCUT2D eigenvalue weighted by atomic mass is 10.1. The van der Waals surface area contributed by atoms with Gasteiger partial charge in [-0.2, -0.15) is 5.10 Å². The SMILES string of the molecule is COC[C@@H](C)n1c(C)cc(C(=O)COC(=O)c2cc(C)nc3n[nH]c(C)c23)c1C. The van der Waals surface area contributed by atoms with Gasteiger partial charge in [-0.25, -0.2) is 9.78 Å². The van der Waals surface area contributed by atoms with Crippen LogP contribution in [0.25, 0.3) is 11.0 Å². The van der Waals surface area contributed by atoms with Crippen molar-refractivity contribution in [2.45, 2.75) is 40.7 Å². The van der Waals surface area contributed by atoms with E-state index in [2.05, 4.69) is 19.7 Å². The summed E-state index contributed by atoms with van der Waals surface area (Å²) < 4.78 is 12.6. The summed E-state index contributed by atoms with van der Waals surface area (Å²) in [6.45, 7) is 9.66. The lowest BCUT2D eigenvalue weighted by molar-refractivity contribution is 0.0476. The standard InChI is InChI=1S/C21H26N4O4/c1-11-7-17(19-14(4)23-24-20(19)22-11)21(27)29-10-18(26)16-8-12(2)25(15(16)5)13(3)9-28-6/h7-8,13H,9-10H2,1-6H3,(H,22,23,24)/t13-/m1/s1. The van der Waals surface area contributed by atoms with Crippen molar-refractivity contribution in [1.82, 2.24) is 19.7 Å². The number of pyridine rings is 1. The Morgan fingerprint density at radius 2 is 1.90 bits per heavy atom. The van der Waals surface area contributed by atoms with Crippen molar-refractivity contribution in [3.05, 3.63) is 46.0 Å². The van der Waals surface area contributed by atoms with E-state index in [1.54, 1.807) is 20.1 Å². The predicted octanol–water partition coefficient (Wildman–Crippen LogP) is 3.24. The van der Waals surface area contributed by atoms with Gasteiger partial charge >= 0.3 is 5.97 Å². The highest BCUT2D eigenvalue weighted by atomic mass is 16.5. The molecular weight excluding hydrogens is 372 g/mol. The Balaban J connectivity index is 1.79. The molecule has 0 amide bonds. The zero-order valence-corrected chi connectivity index (χ0v) is 17.6. The Morgan fingerprint density at radius 1 is 1.17 bits per heavy atom. The van der Waals surface area contributed by atoms with Crippen LogP contribution in [0.1, 0.15) is 56.5 Å². The quantitative estimate of drug-likeness (QED) is 0.484. The molecule has 0 saturated heterocycles. The molecule has 0 aliphatic carbocycles. The molecule has 3 heterocycles. The Morgan fingerprint density at radius 3 is 2.59 bits per heavy atom. The van der Waals surface area contributed by atoms with Gasteiger partial charge in [0.1, 0.15) is 0 Å². The Labute approximate surface area is 169 Å². The van der Waals surface area contributed by atoms with Gasteiger partial charge in [0, 0.05) is 35.4 Å². The molecule has 0 radical (unpaired) electrons. The van der Waals surface area contributed by atoms with Gasteiger partial charge in [0.2, 0.25) is 5.78 Å². The van der Waals surface area contributed by atoms with Crippen molar-refractivity contribution in [3.8, 4) is 0 Å². The third kappa shape index (κ3) is 3.93. The lowest BCUT2D eigenvalue weighted by Gasteiger charge is -2.17. The van der Waals surface area contributed by atoms with Crippen LogP contribution in [-0.4, -0.2) is 51.8 Å². The van der Waals surface area contributed by atoms with Crippen LogP contribution in [0.15, 0.2) is 12.1 Å². The second-order valence-corrected chi connectivity index (χ2v) is 7.32. The largest absolute Gasteiger partial charge is 0.454 e. The van der Waals surface area contributed by atoms with E-state index in [0.717, 1.165) is 17.1 Å².